The third-order valence-corrected chi connectivity index (χ3v) is 13.8. The Hall–Kier alpha value is -1.82. The number of aryl methyl sites for hydroxylation is 6. The van der Waals surface area contributed by atoms with E-state index in [-0.39, 0.29) is 16.2 Å². The summed E-state index contributed by atoms with van der Waals surface area (Å²) in [5, 5.41) is 4.75. The SMILES string of the molecule is Cc1cc(C)c([Si](=Pc2c(C(C)(C)C)cc(C(C)(C)C)cc2C(C)(C)C)c2c(C)cc(C)cc2C)c(C)c1. The van der Waals surface area contributed by atoms with Crippen LogP contribution in [0.15, 0.2) is 36.4 Å². The lowest BCUT2D eigenvalue weighted by Gasteiger charge is -2.33. The summed E-state index contributed by atoms with van der Waals surface area (Å²) < 4.78 is 0. The van der Waals surface area contributed by atoms with Crippen molar-refractivity contribution in [2.45, 2.75) is 120 Å². The van der Waals surface area contributed by atoms with Crippen molar-refractivity contribution < 1.29 is 0 Å². The smallest absolute Gasteiger partial charge is 0.0896 e. The molecule has 0 bridgehead atoms. The van der Waals surface area contributed by atoms with Crippen LogP contribution in [0.5, 0.6) is 0 Å². The molecule has 0 fully saturated rings. The van der Waals surface area contributed by atoms with Crippen LogP contribution in [-0.4, -0.2) is 8.05 Å². The van der Waals surface area contributed by atoms with Crippen molar-refractivity contribution in [3.63, 3.8) is 0 Å². The quantitative estimate of drug-likeness (QED) is 0.229. The first kappa shape index (κ1) is 30.7. The molecular weight excluding hydrogens is 491 g/mol. The van der Waals surface area contributed by atoms with Crippen LogP contribution in [0.4, 0.5) is 0 Å². The second kappa shape index (κ2) is 10.6. The normalized spacial score (nSPS) is 12.8. The van der Waals surface area contributed by atoms with Gasteiger partial charge in [-0.1, -0.05) is 118 Å². The zero-order valence-electron chi connectivity index (χ0n) is 26.9. The van der Waals surface area contributed by atoms with E-state index >= 15 is 0 Å². The van der Waals surface area contributed by atoms with Crippen LogP contribution in [0.25, 0.3) is 0 Å². The molecule has 0 amide bonds. The largest absolute Gasteiger partial charge is 0.117 e. The van der Waals surface area contributed by atoms with Crippen LogP contribution in [0.2, 0.25) is 0 Å². The molecule has 0 saturated carbocycles. The summed E-state index contributed by atoms with van der Waals surface area (Å²) in [5.74, 6) is 0. The molecule has 3 aromatic carbocycles. The molecule has 0 aliphatic rings. The summed E-state index contributed by atoms with van der Waals surface area (Å²) in [6.45, 7) is 35.3. The molecule has 3 aromatic rings. The molecule has 0 aromatic heterocycles. The topological polar surface area (TPSA) is 0 Å². The lowest BCUT2D eigenvalue weighted by molar-refractivity contribution is 0.554. The molecule has 0 nitrogen and oxygen atoms in total. The third-order valence-electron chi connectivity index (χ3n) is 7.64. The van der Waals surface area contributed by atoms with Crippen LogP contribution in [0.3, 0.4) is 0 Å². The van der Waals surface area contributed by atoms with Crippen molar-refractivity contribution in [2.75, 3.05) is 0 Å². The van der Waals surface area contributed by atoms with Crippen molar-refractivity contribution in [3.8, 4) is 0 Å². The molecule has 38 heavy (non-hydrogen) atoms. The van der Waals surface area contributed by atoms with Crippen LogP contribution in [0.1, 0.15) is 112 Å². The van der Waals surface area contributed by atoms with E-state index in [0.717, 1.165) is 0 Å². The van der Waals surface area contributed by atoms with Crippen molar-refractivity contribution >= 4 is 31.4 Å². The Morgan fingerprint density at radius 3 is 1.05 bits per heavy atom. The first-order valence-corrected chi connectivity index (χ1v) is 17.4. The van der Waals surface area contributed by atoms with Gasteiger partial charge in [0.05, 0.1) is 0 Å². The maximum absolute atomic E-state index is 2.54. The molecule has 0 spiro atoms. The monoisotopic (exact) mass is 542 g/mol. The van der Waals surface area contributed by atoms with Gasteiger partial charge in [-0.25, -0.2) is 0 Å². The molecule has 0 unspecified atom stereocenters. The first-order valence-electron chi connectivity index (χ1n) is 14.2. The zero-order chi connectivity index (χ0) is 29.0. The molecule has 204 valence electrons. The van der Waals surface area contributed by atoms with Crippen LogP contribution in [-0.2, 0) is 16.2 Å². The Labute approximate surface area is 237 Å². The predicted molar refractivity (Wildman–Crippen MR) is 175 cm³/mol. The van der Waals surface area contributed by atoms with Crippen molar-refractivity contribution in [2.24, 2.45) is 0 Å². The van der Waals surface area contributed by atoms with E-state index in [2.05, 4.69) is 140 Å². The number of benzene rings is 3. The number of hydrogen-bond donors (Lipinski definition) is 0. The molecule has 0 radical (unpaired) electrons. The van der Waals surface area contributed by atoms with Gasteiger partial charge in [0.1, 0.15) is 8.05 Å². The fraction of sp³-hybridized carbons (Fsp3) is 0.500. The van der Waals surface area contributed by atoms with E-state index in [1.807, 2.05) is 0 Å². The summed E-state index contributed by atoms with van der Waals surface area (Å²) in [5.41, 5.74) is 13.2. The van der Waals surface area contributed by atoms with Gasteiger partial charge in [0.15, 0.2) is 0 Å². The minimum Gasteiger partial charge on any atom is -0.0896 e. The molecule has 0 atom stereocenters. The predicted octanol–water partition coefficient (Wildman–Crippen LogP) is 8.81. The second-order valence-corrected chi connectivity index (χ2v) is 19.1. The Kier molecular flexibility index (Phi) is 8.59. The lowest BCUT2D eigenvalue weighted by atomic mass is 9.75. The van der Waals surface area contributed by atoms with Gasteiger partial charge in [-0.2, -0.15) is 0 Å². The van der Waals surface area contributed by atoms with Gasteiger partial charge in [0.25, 0.3) is 0 Å². The number of rotatable bonds is 3. The summed E-state index contributed by atoms with van der Waals surface area (Å²) in [4.78, 5) is 0. The minimum atomic E-state index is -1.14. The van der Waals surface area contributed by atoms with E-state index in [4.69, 9.17) is 0 Å². The van der Waals surface area contributed by atoms with Gasteiger partial charge in [-0.15, -0.1) is 0 Å². The summed E-state index contributed by atoms with van der Waals surface area (Å²) in [7, 11) is 0.330. The first-order chi connectivity index (χ1) is 17.2. The van der Waals surface area contributed by atoms with E-state index in [1.54, 1.807) is 15.7 Å². The molecular formula is C36H51PSi. The van der Waals surface area contributed by atoms with Gasteiger partial charge in [0.2, 0.25) is 0 Å². The molecule has 0 aliphatic carbocycles. The van der Waals surface area contributed by atoms with Crippen LogP contribution < -0.4 is 15.7 Å². The Balaban J connectivity index is 2.62. The van der Waals surface area contributed by atoms with Crippen molar-refractivity contribution in [1.29, 1.82) is 0 Å². The fourth-order valence-corrected chi connectivity index (χ4v) is 13.5. The Bertz CT molecular complexity index is 1260. The van der Waals surface area contributed by atoms with Gasteiger partial charge >= 0.3 is 0 Å². The summed E-state index contributed by atoms with van der Waals surface area (Å²) >= 11 is 0. The minimum absolute atomic E-state index is 0.0608. The standard InChI is InChI=1S/C36H51PSi/c1-22-16-24(3)32(25(4)17-22)38(33-26(5)18-23(2)19-27(33)6)37-31-29(35(10,11)12)20-28(34(7,8)9)21-30(31)36(13,14)15/h16-21H,1-15H3. The van der Waals surface area contributed by atoms with Gasteiger partial charge in [-0.05, 0) is 107 Å². The highest BCUT2D eigenvalue weighted by Crippen LogP contribution is 2.35. The maximum atomic E-state index is 2.54. The third kappa shape index (κ3) is 6.48. The van der Waals surface area contributed by atoms with E-state index < -0.39 is 8.05 Å². The van der Waals surface area contributed by atoms with E-state index in [1.165, 1.54) is 57.8 Å². The average Bonchev–Trinajstić information content (AvgIpc) is 2.69. The molecule has 2 heteroatoms. The molecule has 0 N–H and O–H groups in total. The van der Waals surface area contributed by atoms with Crippen molar-refractivity contribution in [1.82, 2.24) is 0 Å². The zero-order valence-corrected chi connectivity index (χ0v) is 28.8. The Morgan fingerprint density at radius 2 is 0.789 bits per heavy atom. The second-order valence-electron chi connectivity index (χ2n) is 14.7. The molecule has 3 rings (SSSR count). The molecule has 0 aliphatic heterocycles. The summed E-state index contributed by atoms with van der Waals surface area (Å²) in [6, 6.07) is 14.7. The average molecular weight is 543 g/mol. The highest BCUT2D eigenvalue weighted by atomic mass is 31.2. The highest BCUT2D eigenvalue weighted by molar-refractivity contribution is 7.63. The maximum Gasteiger partial charge on any atom is 0.117 e. The van der Waals surface area contributed by atoms with E-state index in [0.29, 0.717) is 0 Å². The van der Waals surface area contributed by atoms with Gasteiger partial charge < -0.3 is 0 Å². The lowest BCUT2D eigenvalue weighted by Crippen LogP contribution is -2.41. The Morgan fingerprint density at radius 1 is 0.474 bits per heavy atom. The summed E-state index contributed by atoms with van der Waals surface area (Å²) in [6.07, 6.45) is 0. The molecule has 0 heterocycles. The number of hydrogen-bond acceptors (Lipinski definition) is 0. The van der Waals surface area contributed by atoms with Crippen LogP contribution in [0, 0.1) is 41.5 Å². The van der Waals surface area contributed by atoms with Crippen LogP contribution >= 0.6 is 7.72 Å². The highest BCUT2D eigenvalue weighted by Gasteiger charge is 2.30. The van der Waals surface area contributed by atoms with Gasteiger partial charge in [0, 0.05) is 5.30 Å². The van der Waals surface area contributed by atoms with Gasteiger partial charge in [-0.3, -0.25) is 0 Å². The fourth-order valence-electron chi connectivity index (χ4n) is 5.79. The van der Waals surface area contributed by atoms with E-state index in [9.17, 15) is 0 Å². The molecule has 0 saturated heterocycles. The van der Waals surface area contributed by atoms with Crippen molar-refractivity contribution in [3.05, 3.63) is 86.5 Å².